The molecule has 1 aromatic carbocycles. The Kier molecular flexibility index (Phi) is 4.07. The summed E-state index contributed by atoms with van der Waals surface area (Å²) < 4.78 is 17.8. The highest BCUT2D eigenvalue weighted by Gasteiger charge is 2.15. The minimum atomic E-state index is -0.473. The number of furan rings is 1. The van der Waals surface area contributed by atoms with Crippen LogP contribution in [0.1, 0.15) is 23.8 Å². The van der Waals surface area contributed by atoms with E-state index in [4.69, 9.17) is 13.6 Å². The molecule has 0 spiro atoms. The van der Waals surface area contributed by atoms with Crippen LogP contribution < -0.4 is 15.9 Å². The molecule has 0 aliphatic heterocycles. The van der Waals surface area contributed by atoms with E-state index in [-0.39, 0.29) is 12.1 Å². The molecule has 0 fully saturated rings. The van der Waals surface area contributed by atoms with Crippen molar-refractivity contribution >= 4 is 22.1 Å². The molecule has 0 aliphatic rings. The molecule has 0 aliphatic carbocycles. The third kappa shape index (κ3) is 2.91. The predicted molar refractivity (Wildman–Crippen MR) is 100 cm³/mol. The fraction of sp³-hybridized carbons (Fsp3) is 0.250. The molecule has 27 heavy (non-hydrogen) atoms. The smallest absolute Gasteiger partial charge is 0.336 e. The summed E-state index contributed by atoms with van der Waals surface area (Å²) in [5.74, 6) is 1.34. The standard InChI is InChI=1S/C20H18N2O5/c1-4-25-14-5-6-16-15(8-14)13(7-17(23)27-16)9-22-10-21-19-18(20(22)24)11(2)12(3)26-19/h5-8,10H,4,9H2,1-3H3. The molecule has 0 atom stereocenters. The minimum Gasteiger partial charge on any atom is -0.494 e. The fourth-order valence-corrected chi connectivity index (χ4v) is 3.16. The van der Waals surface area contributed by atoms with Gasteiger partial charge in [-0.3, -0.25) is 9.36 Å². The number of rotatable bonds is 4. The molecule has 0 saturated heterocycles. The maximum absolute atomic E-state index is 12.9. The van der Waals surface area contributed by atoms with Crippen molar-refractivity contribution in [1.82, 2.24) is 9.55 Å². The predicted octanol–water partition coefficient (Wildman–Crippen LogP) is 3.16. The number of fused-ring (bicyclic) bond motifs is 2. The van der Waals surface area contributed by atoms with Crippen molar-refractivity contribution in [2.75, 3.05) is 6.61 Å². The molecule has 7 nitrogen and oxygen atoms in total. The summed E-state index contributed by atoms with van der Waals surface area (Å²) in [6.07, 6.45) is 1.43. The number of hydrogen-bond acceptors (Lipinski definition) is 6. The lowest BCUT2D eigenvalue weighted by atomic mass is 10.1. The minimum absolute atomic E-state index is 0.184. The number of ether oxygens (including phenoxy) is 1. The first-order valence-corrected chi connectivity index (χ1v) is 8.62. The number of hydrogen-bond donors (Lipinski definition) is 0. The van der Waals surface area contributed by atoms with Gasteiger partial charge in [-0.25, -0.2) is 9.78 Å². The van der Waals surface area contributed by atoms with Crippen LogP contribution in [0.25, 0.3) is 22.1 Å². The summed E-state index contributed by atoms with van der Waals surface area (Å²) >= 11 is 0. The van der Waals surface area contributed by atoms with E-state index in [9.17, 15) is 9.59 Å². The molecule has 0 saturated carbocycles. The van der Waals surface area contributed by atoms with E-state index in [1.54, 1.807) is 25.1 Å². The molecule has 0 N–H and O–H groups in total. The molecular weight excluding hydrogens is 348 g/mol. The van der Waals surface area contributed by atoms with Gasteiger partial charge in [0, 0.05) is 17.0 Å². The van der Waals surface area contributed by atoms with Crippen molar-refractivity contribution < 1.29 is 13.6 Å². The van der Waals surface area contributed by atoms with Crippen LogP contribution in [0.15, 0.2) is 49.0 Å². The summed E-state index contributed by atoms with van der Waals surface area (Å²) in [5.41, 5.74) is 1.51. The van der Waals surface area contributed by atoms with Gasteiger partial charge in [0.05, 0.1) is 13.2 Å². The van der Waals surface area contributed by atoms with Crippen LogP contribution in [-0.2, 0) is 6.54 Å². The van der Waals surface area contributed by atoms with Gasteiger partial charge in [-0.1, -0.05) is 0 Å². The Hall–Kier alpha value is -3.35. The van der Waals surface area contributed by atoms with Gasteiger partial charge in [-0.15, -0.1) is 0 Å². The van der Waals surface area contributed by atoms with Crippen molar-refractivity contribution in [2.24, 2.45) is 0 Å². The Labute approximate surface area is 153 Å². The van der Waals surface area contributed by atoms with Gasteiger partial charge in [0.25, 0.3) is 5.56 Å². The van der Waals surface area contributed by atoms with Crippen molar-refractivity contribution in [3.63, 3.8) is 0 Å². The van der Waals surface area contributed by atoms with Crippen molar-refractivity contribution in [1.29, 1.82) is 0 Å². The molecule has 0 bridgehead atoms. The molecule has 0 radical (unpaired) electrons. The van der Waals surface area contributed by atoms with Crippen LogP contribution in [0, 0.1) is 13.8 Å². The summed E-state index contributed by atoms with van der Waals surface area (Å²) in [5, 5.41) is 1.17. The molecule has 4 aromatic rings. The fourth-order valence-electron chi connectivity index (χ4n) is 3.16. The molecule has 4 rings (SSSR count). The second-order valence-electron chi connectivity index (χ2n) is 6.32. The highest BCUT2D eigenvalue weighted by Crippen LogP contribution is 2.24. The highest BCUT2D eigenvalue weighted by atomic mass is 16.5. The van der Waals surface area contributed by atoms with E-state index in [0.717, 1.165) is 5.56 Å². The Morgan fingerprint density at radius 1 is 1.15 bits per heavy atom. The maximum atomic E-state index is 12.9. The second kappa shape index (κ2) is 6.42. The number of aryl methyl sites for hydroxylation is 2. The first kappa shape index (κ1) is 17.1. The number of benzene rings is 1. The van der Waals surface area contributed by atoms with Crippen LogP contribution in [0.2, 0.25) is 0 Å². The van der Waals surface area contributed by atoms with E-state index in [2.05, 4.69) is 4.98 Å². The Morgan fingerprint density at radius 3 is 2.74 bits per heavy atom. The molecule has 7 heteroatoms. The topological polar surface area (TPSA) is 87.5 Å². The van der Waals surface area contributed by atoms with Gasteiger partial charge in [-0.05, 0) is 44.5 Å². The van der Waals surface area contributed by atoms with Crippen molar-refractivity contribution in [2.45, 2.75) is 27.3 Å². The number of nitrogens with zero attached hydrogens (tertiary/aromatic N) is 2. The van der Waals surface area contributed by atoms with Crippen LogP contribution in [0.3, 0.4) is 0 Å². The molecule has 0 amide bonds. The quantitative estimate of drug-likeness (QED) is 0.516. The zero-order valence-corrected chi connectivity index (χ0v) is 15.2. The summed E-state index contributed by atoms with van der Waals surface area (Å²) in [7, 11) is 0. The maximum Gasteiger partial charge on any atom is 0.336 e. The van der Waals surface area contributed by atoms with E-state index < -0.39 is 5.63 Å². The largest absolute Gasteiger partial charge is 0.494 e. The van der Waals surface area contributed by atoms with Crippen LogP contribution in [0.4, 0.5) is 0 Å². The highest BCUT2D eigenvalue weighted by molar-refractivity contribution is 5.82. The molecule has 0 unspecified atom stereocenters. The lowest BCUT2D eigenvalue weighted by Gasteiger charge is -2.09. The monoisotopic (exact) mass is 366 g/mol. The average molecular weight is 366 g/mol. The zero-order chi connectivity index (χ0) is 19.1. The van der Waals surface area contributed by atoms with Crippen molar-refractivity contribution in [3.05, 3.63) is 68.3 Å². The summed E-state index contributed by atoms with van der Waals surface area (Å²) in [6.45, 7) is 6.23. The Balaban J connectivity index is 1.88. The van der Waals surface area contributed by atoms with E-state index in [1.165, 1.54) is 17.0 Å². The van der Waals surface area contributed by atoms with Gasteiger partial charge < -0.3 is 13.6 Å². The average Bonchev–Trinajstić information content (AvgIpc) is 2.93. The first-order valence-electron chi connectivity index (χ1n) is 8.62. The third-order valence-electron chi connectivity index (χ3n) is 4.61. The normalized spacial score (nSPS) is 11.4. The van der Waals surface area contributed by atoms with E-state index in [1.807, 2.05) is 13.8 Å². The van der Waals surface area contributed by atoms with Gasteiger partial charge in [0.2, 0.25) is 5.71 Å². The molecule has 3 aromatic heterocycles. The van der Waals surface area contributed by atoms with Gasteiger partial charge in [0.15, 0.2) is 0 Å². The summed E-state index contributed by atoms with van der Waals surface area (Å²) in [4.78, 5) is 29.1. The Bertz CT molecular complexity index is 1280. The van der Waals surface area contributed by atoms with E-state index in [0.29, 0.717) is 45.7 Å². The summed E-state index contributed by atoms with van der Waals surface area (Å²) in [6, 6.07) is 6.64. The molecule has 3 heterocycles. The van der Waals surface area contributed by atoms with Crippen LogP contribution >= 0.6 is 0 Å². The molecular formula is C20H18N2O5. The Morgan fingerprint density at radius 2 is 1.96 bits per heavy atom. The third-order valence-corrected chi connectivity index (χ3v) is 4.61. The lowest BCUT2D eigenvalue weighted by molar-refractivity contribution is 0.340. The number of aromatic nitrogens is 2. The van der Waals surface area contributed by atoms with Gasteiger partial charge >= 0.3 is 5.63 Å². The van der Waals surface area contributed by atoms with Gasteiger partial charge in [0.1, 0.15) is 28.8 Å². The second-order valence-corrected chi connectivity index (χ2v) is 6.32. The SMILES string of the molecule is CCOc1ccc2oc(=O)cc(Cn3cnc4oc(C)c(C)c4c3=O)c2c1. The lowest BCUT2D eigenvalue weighted by Crippen LogP contribution is -2.21. The zero-order valence-electron chi connectivity index (χ0n) is 15.2. The first-order chi connectivity index (χ1) is 13.0. The van der Waals surface area contributed by atoms with Gasteiger partial charge in [-0.2, -0.15) is 0 Å². The van der Waals surface area contributed by atoms with Crippen LogP contribution in [-0.4, -0.2) is 16.2 Å². The van der Waals surface area contributed by atoms with Crippen LogP contribution in [0.5, 0.6) is 5.75 Å². The molecule has 138 valence electrons. The van der Waals surface area contributed by atoms with E-state index >= 15 is 0 Å². The van der Waals surface area contributed by atoms with Crippen molar-refractivity contribution in [3.8, 4) is 5.75 Å².